The number of hydrogen-bond acceptors (Lipinski definition) is 3. The maximum absolute atomic E-state index is 10.3. The summed E-state index contributed by atoms with van der Waals surface area (Å²) >= 11 is 3.63. The van der Waals surface area contributed by atoms with Crippen LogP contribution >= 0.6 is 15.9 Å². The van der Waals surface area contributed by atoms with Gasteiger partial charge in [-0.05, 0) is 48.8 Å². The van der Waals surface area contributed by atoms with Crippen LogP contribution in [0.25, 0.3) is 0 Å². The summed E-state index contributed by atoms with van der Waals surface area (Å²) in [6, 6.07) is 0. The Morgan fingerprint density at radius 1 is 1.25 bits per heavy atom. The molecule has 0 saturated carbocycles. The summed E-state index contributed by atoms with van der Waals surface area (Å²) in [7, 11) is 0. The van der Waals surface area contributed by atoms with Crippen LogP contribution in [-0.4, -0.2) is 45.5 Å². The standard InChI is InChI=1S/C15H28BrN3O/c1-5-13-15(16)14(19(8-4)17-13)11-12(20)9-10-18(6-2)7-3/h12,20H,5-11H2,1-4H3. The smallest absolute Gasteiger partial charge is 0.0766 e. The summed E-state index contributed by atoms with van der Waals surface area (Å²) < 4.78 is 3.08. The zero-order valence-electron chi connectivity index (χ0n) is 13.2. The lowest BCUT2D eigenvalue weighted by Crippen LogP contribution is -2.28. The van der Waals surface area contributed by atoms with E-state index in [-0.39, 0.29) is 6.10 Å². The van der Waals surface area contributed by atoms with Gasteiger partial charge in [-0.1, -0.05) is 20.8 Å². The number of hydrogen-bond donors (Lipinski definition) is 1. The molecule has 0 bridgehead atoms. The van der Waals surface area contributed by atoms with Crippen molar-refractivity contribution in [3.63, 3.8) is 0 Å². The van der Waals surface area contributed by atoms with Gasteiger partial charge in [0, 0.05) is 19.5 Å². The van der Waals surface area contributed by atoms with E-state index in [1.807, 2.05) is 4.68 Å². The van der Waals surface area contributed by atoms with Crippen LogP contribution in [-0.2, 0) is 19.4 Å². The Labute approximate surface area is 131 Å². The van der Waals surface area contributed by atoms with Gasteiger partial charge in [-0.2, -0.15) is 5.10 Å². The minimum absolute atomic E-state index is 0.307. The first-order valence-corrected chi connectivity index (χ1v) is 8.50. The number of rotatable bonds is 9. The lowest BCUT2D eigenvalue weighted by atomic mass is 10.1. The number of aromatic nitrogens is 2. The summed E-state index contributed by atoms with van der Waals surface area (Å²) in [6.45, 7) is 12.4. The Morgan fingerprint density at radius 3 is 2.40 bits per heavy atom. The van der Waals surface area contributed by atoms with Gasteiger partial charge >= 0.3 is 0 Å². The molecule has 1 unspecified atom stereocenters. The van der Waals surface area contributed by atoms with Crippen LogP contribution in [0.1, 0.15) is 45.5 Å². The predicted octanol–water partition coefficient (Wildman–Crippen LogP) is 2.86. The Kier molecular flexibility index (Phi) is 7.77. The first-order chi connectivity index (χ1) is 9.57. The molecule has 1 aromatic heterocycles. The highest BCUT2D eigenvalue weighted by Crippen LogP contribution is 2.24. The van der Waals surface area contributed by atoms with Gasteiger partial charge in [0.15, 0.2) is 0 Å². The molecular formula is C15H28BrN3O. The molecule has 1 heterocycles. The van der Waals surface area contributed by atoms with Gasteiger partial charge in [0.1, 0.15) is 0 Å². The molecule has 4 nitrogen and oxygen atoms in total. The van der Waals surface area contributed by atoms with Crippen LogP contribution in [0.3, 0.4) is 0 Å². The molecule has 0 spiro atoms. The largest absolute Gasteiger partial charge is 0.393 e. The number of aliphatic hydroxyl groups is 1. The Hall–Kier alpha value is -0.390. The van der Waals surface area contributed by atoms with Gasteiger partial charge < -0.3 is 10.0 Å². The predicted molar refractivity (Wildman–Crippen MR) is 87.1 cm³/mol. The molecule has 1 N–H and O–H groups in total. The maximum atomic E-state index is 10.3. The molecule has 0 aliphatic rings. The first-order valence-electron chi connectivity index (χ1n) is 7.71. The number of aliphatic hydroxyl groups excluding tert-OH is 1. The zero-order valence-corrected chi connectivity index (χ0v) is 14.8. The SMILES string of the molecule is CCc1nn(CC)c(CC(O)CCN(CC)CC)c1Br. The van der Waals surface area contributed by atoms with E-state index in [9.17, 15) is 5.11 Å². The van der Waals surface area contributed by atoms with Gasteiger partial charge in [0.05, 0.1) is 22.0 Å². The molecule has 0 radical (unpaired) electrons. The molecule has 1 atom stereocenters. The third kappa shape index (κ3) is 4.57. The second kappa shape index (κ2) is 8.80. The van der Waals surface area contributed by atoms with Crippen LogP contribution in [0.5, 0.6) is 0 Å². The van der Waals surface area contributed by atoms with E-state index in [0.717, 1.165) is 54.9 Å². The number of halogens is 1. The summed E-state index contributed by atoms with van der Waals surface area (Å²) in [4.78, 5) is 2.34. The molecule has 0 aliphatic heterocycles. The van der Waals surface area contributed by atoms with Crippen molar-refractivity contribution in [1.82, 2.24) is 14.7 Å². The molecule has 116 valence electrons. The zero-order chi connectivity index (χ0) is 15.1. The van der Waals surface area contributed by atoms with E-state index >= 15 is 0 Å². The second-order valence-electron chi connectivity index (χ2n) is 5.05. The molecule has 0 aliphatic carbocycles. The van der Waals surface area contributed by atoms with Crippen molar-refractivity contribution in [3.8, 4) is 0 Å². The lowest BCUT2D eigenvalue weighted by molar-refractivity contribution is 0.141. The van der Waals surface area contributed by atoms with E-state index < -0.39 is 0 Å². The van der Waals surface area contributed by atoms with Crippen molar-refractivity contribution < 1.29 is 5.11 Å². The third-order valence-corrected chi connectivity index (χ3v) is 4.71. The van der Waals surface area contributed by atoms with Crippen molar-refractivity contribution in [2.75, 3.05) is 19.6 Å². The van der Waals surface area contributed by atoms with E-state index in [0.29, 0.717) is 6.42 Å². The molecule has 1 rings (SSSR count). The monoisotopic (exact) mass is 345 g/mol. The first kappa shape index (κ1) is 17.7. The highest BCUT2D eigenvalue weighted by Gasteiger charge is 2.17. The summed E-state index contributed by atoms with van der Waals surface area (Å²) in [5, 5.41) is 14.9. The van der Waals surface area contributed by atoms with Crippen LogP contribution < -0.4 is 0 Å². The van der Waals surface area contributed by atoms with Crippen LogP contribution in [0.15, 0.2) is 4.47 Å². The Balaban J connectivity index is 2.65. The highest BCUT2D eigenvalue weighted by atomic mass is 79.9. The van der Waals surface area contributed by atoms with Gasteiger partial charge in [-0.3, -0.25) is 4.68 Å². The summed E-state index contributed by atoms with van der Waals surface area (Å²) in [5.41, 5.74) is 2.20. The molecule has 1 aromatic rings. The Bertz CT molecular complexity index is 402. The quantitative estimate of drug-likeness (QED) is 0.748. The fraction of sp³-hybridized carbons (Fsp3) is 0.800. The molecule has 0 aromatic carbocycles. The average molecular weight is 346 g/mol. The van der Waals surface area contributed by atoms with Gasteiger partial charge in [0.25, 0.3) is 0 Å². The summed E-state index contributed by atoms with van der Waals surface area (Å²) in [5.74, 6) is 0. The normalized spacial score (nSPS) is 13.2. The van der Waals surface area contributed by atoms with Gasteiger partial charge in [-0.25, -0.2) is 0 Å². The molecule has 20 heavy (non-hydrogen) atoms. The van der Waals surface area contributed by atoms with E-state index in [1.54, 1.807) is 0 Å². The number of aryl methyl sites for hydroxylation is 2. The Morgan fingerprint density at radius 2 is 1.90 bits per heavy atom. The lowest BCUT2D eigenvalue weighted by Gasteiger charge is -2.20. The molecule has 5 heteroatoms. The second-order valence-corrected chi connectivity index (χ2v) is 5.84. The molecule has 0 amide bonds. The molecule has 0 saturated heterocycles. The minimum Gasteiger partial charge on any atom is -0.393 e. The molecular weight excluding hydrogens is 318 g/mol. The van der Waals surface area contributed by atoms with E-state index in [4.69, 9.17) is 0 Å². The fourth-order valence-electron chi connectivity index (χ4n) is 2.41. The maximum Gasteiger partial charge on any atom is 0.0766 e. The van der Waals surface area contributed by atoms with Crippen molar-refractivity contribution in [1.29, 1.82) is 0 Å². The third-order valence-electron chi connectivity index (χ3n) is 3.80. The minimum atomic E-state index is -0.307. The van der Waals surface area contributed by atoms with Gasteiger partial charge in [-0.15, -0.1) is 0 Å². The van der Waals surface area contributed by atoms with Crippen LogP contribution in [0, 0.1) is 0 Å². The van der Waals surface area contributed by atoms with Gasteiger partial charge in [0.2, 0.25) is 0 Å². The van der Waals surface area contributed by atoms with Crippen molar-refractivity contribution >= 4 is 15.9 Å². The number of nitrogens with zero attached hydrogens (tertiary/aromatic N) is 3. The van der Waals surface area contributed by atoms with Crippen LogP contribution in [0.4, 0.5) is 0 Å². The van der Waals surface area contributed by atoms with Crippen molar-refractivity contribution in [2.24, 2.45) is 0 Å². The molecule has 0 fully saturated rings. The highest BCUT2D eigenvalue weighted by molar-refractivity contribution is 9.10. The van der Waals surface area contributed by atoms with Crippen molar-refractivity contribution in [2.45, 2.75) is 59.6 Å². The van der Waals surface area contributed by atoms with Crippen LogP contribution in [0.2, 0.25) is 0 Å². The van der Waals surface area contributed by atoms with Crippen molar-refractivity contribution in [3.05, 3.63) is 15.9 Å². The van der Waals surface area contributed by atoms with E-state index in [1.165, 1.54) is 0 Å². The summed E-state index contributed by atoms with van der Waals surface area (Å²) in [6.07, 6.45) is 2.09. The topological polar surface area (TPSA) is 41.3 Å². The average Bonchev–Trinajstić information content (AvgIpc) is 2.76. The van der Waals surface area contributed by atoms with E-state index in [2.05, 4.69) is 53.6 Å². The fourth-order valence-corrected chi connectivity index (χ4v) is 3.14.